The number of sulfonamides is 1. The summed E-state index contributed by atoms with van der Waals surface area (Å²) in [6, 6.07) is 7.94. The second-order valence-corrected chi connectivity index (χ2v) is 11.2. The number of guanidine groups is 1. The summed E-state index contributed by atoms with van der Waals surface area (Å²) in [5.74, 6) is -0.785. The molecule has 1 amide bonds. The van der Waals surface area contributed by atoms with E-state index in [9.17, 15) is 23.1 Å². The highest BCUT2D eigenvalue weighted by Gasteiger charge is 2.26. The van der Waals surface area contributed by atoms with Gasteiger partial charge in [0.15, 0.2) is 5.96 Å². The molecule has 1 aromatic heterocycles. The fourth-order valence-electron chi connectivity index (χ4n) is 3.31. The number of amides is 1. The number of carboxylic acids is 1. The molecule has 0 radical (unpaired) electrons. The largest absolute Gasteiger partial charge is 0.480 e. The van der Waals surface area contributed by atoms with Gasteiger partial charge in [-0.25, -0.2) is 8.42 Å². The van der Waals surface area contributed by atoms with Crippen molar-refractivity contribution in [3.63, 3.8) is 0 Å². The number of aryl methyl sites for hydroxylation is 1. The molecular weight excluding hydrogens is 500 g/mol. The van der Waals surface area contributed by atoms with Crippen LogP contribution in [0.3, 0.4) is 0 Å². The summed E-state index contributed by atoms with van der Waals surface area (Å²) in [7, 11) is -4.01. The summed E-state index contributed by atoms with van der Waals surface area (Å²) in [4.78, 5) is 29.7. The molecule has 9 nitrogen and oxygen atoms in total. The number of nitrogens with zero attached hydrogens (tertiary/aromatic N) is 1. The molecule has 12 heteroatoms. The van der Waals surface area contributed by atoms with E-state index >= 15 is 0 Å². The van der Waals surface area contributed by atoms with Crippen LogP contribution in [0.5, 0.6) is 0 Å². The van der Waals surface area contributed by atoms with Gasteiger partial charge in [0.2, 0.25) is 15.9 Å². The van der Waals surface area contributed by atoms with Crippen molar-refractivity contribution in [1.82, 2.24) is 15.4 Å². The van der Waals surface area contributed by atoms with Crippen LogP contribution in [0.4, 0.5) is 0 Å². The van der Waals surface area contributed by atoms with Crippen molar-refractivity contribution in [3.05, 3.63) is 51.2 Å². The topological polar surface area (TPSA) is 137 Å². The Labute approximate surface area is 207 Å². The van der Waals surface area contributed by atoms with Gasteiger partial charge in [-0.05, 0) is 62.1 Å². The maximum absolute atomic E-state index is 12.6. The zero-order valence-electron chi connectivity index (χ0n) is 18.4. The SMILES string of the molecule is O=C(CCCCc1ccc(C[C@H](NS(=O)(=O)c2ccc(Cl)cc2)C(=O)O)s1)NC1=NCCCN1. The second-order valence-electron chi connectivity index (χ2n) is 7.80. The number of aliphatic carboxylic acids is 1. The zero-order valence-corrected chi connectivity index (χ0v) is 20.8. The number of carboxylic acid groups (broad SMARTS) is 1. The molecule has 0 aliphatic carbocycles. The quantitative estimate of drug-likeness (QED) is 0.332. The van der Waals surface area contributed by atoms with Crippen LogP contribution in [0.15, 0.2) is 46.3 Å². The summed E-state index contributed by atoms with van der Waals surface area (Å²) < 4.78 is 27.4. The minimum absolute atomic E-state index is 0.0321. The highest BCUT2D eigenvalue weighted by Crippen LogP contribution is 2.21. The molecule has 1 aliphatic heterocycles. The van der Waals surface area contributed by atoms with Crippen LogP contribution < -0.4 is 15.4 Å². The molecule has 4 N–H and O–H groups in total. The number of halogens is 1. The number of carbonyl (C=O) groups is 2. The van der Waals surface area contributed by atoms with Crippen LogP contribution >= 0.6 is 22.9 Å². The predicted molar refractivity (Wildman–Crippen MR) is 132 cm³/mol. The van der Waals surface area contributed by atoms with Gasteiger partial charge in [-0.3, -0.25) is 19.9 Å². The molecule has 0 spiro atoms. The molecule has 1 aliphatic rings. The van der Waals surface area contributed by atoms with Gasteiger partial charge in [0.1, 0.15) is 6.04 Å². The molecule has 184 valence electrons. The predicted octanol–water partition coefficient (Wildman–Crippen LogP) is 2.55. The van der Waals surface area contributed by atoms with Crippen molar-refractivity contribution in [1.29, 1.82) is 0 Å². The average molecular weight is 527 g/mol. The summed E-state index contributed by atoms with van der Waals surface area (Å²) in [6.07, 6.45) is 3.66. The maximum Gasteiger partial charge on any atom is 0.322 e. The number of hydrogen-bond donors (Lipinski definition) is 4. The summed E-state index contributed by atoms with van der Waals surface area (Å²) in [5.41, 5.74) is 0. The molecule has 0 saturated heterocycles. The highest BCUT2D eigenvalue weighted by atomic mass is 35.5. The van der Waals surface area contributed by atoms with Crippen LogP contribution in [-0.2, 0) is 32.5 Å². The van der Waals surface area contributed by atoms with Crippen LogP contribution in [-0.4, -0.2) is 50.5 Å². The molecule has 3 rings (SSSR count). The smallest absolute Gasteiger partial charge is 0.322 e. The number of thiophene rings is 1. The third kappa shape index (κ3) is 8.08. The normalized spacial score (nSPS) is 14.7. The lowest BCUT2D eigenvalue weighted by atomic mass is 10.1. The van der Waals surface area contributed by atoms with Gasteiger partial charge in [-0.2, -0.15) is 4.72 Å². The number of benzene rings is 1. The van der Waals surface area contributed by atoms with E-state index in [1.807, 2.05) is 12.1 Å². The highest BCUT2D eigenvalue weighted by molar-refractivity contribution is 7.89. The first-order valence-electron chi connectivity index (χ1n) is 10.9. The van der Waals surface area contributed by atoms with Crippen molar-refractivity contribution in [2.24, 2.45) is 4.99 Å². The Morgan fingerprint density at radius 2 is 1.88 bits per heavy atom. The molecule has 1 atom stereocenters. The summed E-state index contributed by atoms with van der Waals surface area (Å²) in [6.45, 7) is 1.53. The first-order chi connectivity index (χ1) is 16.2. The van der Waals surface area contributed by atoms with Crippen LogP contribution in [0.2, 0.25) is 5.02 Å². The fraction of sp³-hybridized carbons (Fsp3) is 0.409. The molecule has 2 aromatic rings. The van der Waals surface area contributed by atoms with Gasteiger partial charge in [-0.15, -0.1) is 11.3 Å². The van der Waals surface area contributed by atoms with Crippen LogP contribution in [0.1, 0.15) is 35.4 Å². The Morgan fingerprint density at radius 3 is 2.56 bits per heavy atom. The maximum atomic E-state index is 12.6. The van der Waals surface area contributed by atoms with Crippen LogP contribution in [0.25, 0.3) is 0 Å². The van der Waals surface area contributed by atoms with E-state index in [-0.39, 0.29) is 17.2 Å². The first kappa shape index (κ1) is 26.1. The number of hydrogen-bond acceptors (Lipinski definition) is 7. The van der Waals surface area contributed by atoms with Crippen molar-refractivity contribution >= 4 is 50.8 Å². The van der Waals surface area contributed by atoms with Gasteiger partial charge in [-0.1, -0.05) is 11.6 Å². The third-order valence-corrected chi connectivity index (χ3v) is 7.98. The lowest BCUT2D eigenvalue weighted by Crippen LogP contribution is -2.43. The van der Waals surface area contributed by atoms with Crippen molar-refractivity contribution in [2.45, 2.75) is 49.5 Å². The average Bonchev–Trinajstić information content (AvgIpc) is 3.24. The van der Waals surface area contributed by atoms with E-state index in [1.54, 1.807) is 0 Å². The minimum Gasteiger partial charge on any atom is -0.480 e. The monoisotopic (exact) mass is 526 g/mol. The Balaban J connectivity index is 1.47. The van der Waals surface area contributed by atoms with E-state index in [4.69, 9.17) is 11.6 Å². The van der Waals surface area contributed by atoms with Gasteiger partial charge in [0.05, 0.1) is 4.90 Å². The Morgan fingerprint density at radius 1 is 1.15 bits per heavy atom. The van der Waals surface area contributed by atoms with Crippen LogP contribution in [0, 0.1) is 0 Å². The third-order valence-electron chi connectivity index (χ3n) is 5.07. The van der Waals surface area contributed by atoms with E-state index in [0.29, 0.717) is 30.4 Å². The van der Waals surface area contributed by atoms with Crippen molar-refractivity contribution < 1.29 is 23.1 Å². The number of carbonyl (C=O) groups excluding carboxylic acids is 1. The molecule has 0 saturated carbocycles. The Hall–Kier alpha value is -2.47. The molecule has 1 aromatic carbocycles. The van der Waals surface area contributed by atoms with E-state index in [2.05, 4.69) is 20.3 Å². The zero-order chi connectivity index (χ0) is 24.6. The number of aliphatic imine (C=N–C) groups is 1. The minimum atomic E-state index is -4.01. The molecule has 2 heterocycles. The van der Waals surface area contributed by atoms with E-state index in [1.165, 1.54) is 35.6 Å². The van der Waals surface area contributed by atoms with Gasteiger partial charge in [0, 0.05) is 40.7 Å². The second kappa shape index (κ2) is 12.3. The molecular formula is C22H27ClN4O5S2. The van der Waals surface area contributed by atoms with Crippen molar-refractivity contribution in [3.8, 4) is 0 Å². The first-order valence-corrected chi connectivity index (χ1v) is 13.6. The summed E-state index contributed by atoms with van der Waals surface area (Å²) in [5, 5.41) is 15.7. The van der Waals surface area contributed by atoms with Crippen molar-refractivity contribution in [2.75, 3.05) is 13.1 Å². The number of nitrogens with one attached hydrogen (secondary N) is 3. The standard InChI is InChI=1S/C22H27ClN4O5S2/c23-15-6-10-18(11-7-15)34(31,32)27-19(21(29)30)14-17-9-8-16(33-17)4-1-2-5-20(28)26-22-24-12-3-13-25-22/h6-11,19,27H,1-5,12-14H2,(H,29,30)(H2,24,25,26,28)/t19-/m0/s1. The van der Waals surface area contributed by atoms with E-state index < -0.39 is 22.0 Å². The number of unbranched alkanes of at least 4 members (excludes halogenated alkanes) is 1. The van der Waals surface area contributed by atoms with Gasteiger partial charge < -0.3 is 10.4 Å². The molecule has 0 unspecified atom stereocenters. The van der Waals surface area contributed by atoms with Gasteiger partial charge in [0.25, 0.3) is 0 Å². The number of rotatable bonds is 11. The Bertz CT molecular complexity index is 1130. The fourth-order valence-corrected chi connectivity index (χ4v) is 5.73. The molecule has 0 fully saturated rings. The molecule has 0 bridgehead atoms. The summed E-state index contributed by atoms with van der Waals surface area (Å²) >= 11 is 7.24. The molecule has 34 heavy (non-hydrogen) atoms. The Kier molecular flexibility index (Phi) is 9.45. The lowest BCUT2D eigenvalue weighted by molar-refractivity contribution is -0.138. The van der Waals surface area contributed by atoms with Gasteiger partial charge >= 0.3 is 5.97 Å². The van der Waals surface area contributed by atoms with E-state index in [0.717, 1.165) is 35.6 Å². The lowest BCUT2D eigenvalue weighted by Gasteiger charge is -2.14.